The highest BCUT2D eigenvalue weighted by molar-refractivity contribution is 7.99. The number of nitrogens with zero attached hydrogens (tertiary/aromatic N) is 3. The number of nitrogens with two attached hydrogens (primary N) is 1. The Kier molecular flexibility index (Phi) is 6.29. The van der Waals surface area contributed by atoms with E-state index in [2.05, 4.69) is 29.4 Å². The lowest BCUT2D eigenvalue weighted by molar-refractivity contribution is -0.119. The van der Waals surface area contributed by atoms with Crippen molar-refractivity contribution in [2.45, 2.75) is 37.9 Å². The summed E-state index contributed by atoms with van der Waals surface area (Å²) in [4.78, 5) is 11.9. The second kappa shape index (κ2) is 8.21. The molecule has 0 aliphatic carbocycles. The van der Waals surface area contributed by atoms with Gasteiger partial charge < -0.3 is 11.2 Å². The van der Waals surface area contributed by atoms with Crippen LogP contribution in [0.2, 0.25) is 5.02 Å². The molecule has 1 aromatic heterocycles. The zero-order chi connectivity index (χ0) is 16.8. The fraction of sp³-hybridized carbons (Fsp3) is 0.400. The largest absolute Gasteiger partial charge is 0.353 e. The molecule has 0 unspecified atom stereocenters. The maximum Gasteiger partial charge on any atom is 0.230 e. The van der Waals surface area contributed by atoms with Crippen molar-refractivity contribution in [1.29, 1.82) is 0 Å². The number of amides is 1. The first-order valence-electron chi connectivity index (χ1n) is 7.43. The van der Waals surface area contributed by atoms with Gasteiger partial charge in [-0.15, -0.1) is 10.2 Å². The van der Waals surface area contributed by atoms with Crippen LogP contribution in [0, 0.1) is 0 Å². The molecule has 124 valence electrons. The molecule has 1 heterocycles. The molecule has 6 nitrogen and oxygen atoms in total. The van der Waals surface area contributed by atoms with Gasteiger partial charge in [0.15, 0.2) is 5.82 Å². The van der Waals surface area contributed by atoms with Gasteiger partial charge in [-0.05, 0) is 25.0 Å². The first-order chi connectivity index (χ1) is 11.0. The molecule has 0 fully saturated rings. The van der Waals surface area contributed by atoms with Gasteiger partial charge in [0, 0.05) is 16.6 Å². The van der Waals surface area contributed by atoms with Gasteiger partial charge in [-0.3, -0.25) is 4.79 Å². The summed E-state index contributed by atoms with van der Waals surface area (Å²) < 4.78 is 1.38. The number of halogens is 1. The number of nitrogens with one attached hydrogen (secondary N) is 1. The monoisotopic (exact) mass is 353 g/mol. The molecule has 0 saturated heterocycles. The van der Waals surface area contributed by atoms with Crippen LogP contribution < -0.4 is 11.2 Å². The zero-order valence-corrected chi connectivity index (χ0v) is 14.7. The second-order valence-electron chi connectivity index (χ2n) is 5.06. The SMILES string of the molecule is CCC(CC)NC(=O)CSc1nnc(-c2cccc(Cl)c2)n1N. The third kappa shape index (κ3) is 4.62. The zero-order valence-electron chi connectivity index (χ0n) is 13.1. The molecule has 0 aliphatic rings. The second-order valence-corrected chi connectivity index (χ2v) is 6.44. The number of hydrogen-bond donors (Lipinski definition) is 2. The normalized spacial score (nSPS) is 11.0. The molecule has 0 atom stereocenters. The van der Waals surface area contributed by atoms with E-state index in [1.165, 1.54) is 16.4 Å². The summed E-state index contributed by atoms with van der Waals surface area (Å²) in [6.07, 6.45) is 1.83. The molecule has 8 heteroatoms. The Bertz CT molecular complexity index is 672. The minimum absolute atomic E-state index is 0.0315. The van der Waals surface area contributed by atoms with E-state index < -0.39 is 0 Å². The van der Waals surface area contributed by atoms with Crippen LogP contribution in [-0.2, 0) is 4.79 Å². The van der Waals surface area contributed by atoms with Crippen LogP contribution in [0.1, 0.15) is 26.7 Å². The topological polar surface area (TPSA) is 85.8 Å². The molecule has 2 aromatic rings. The Morgan fingerprint density at radius 2 is 2.13 bits per heavy atom. The van der Waals surface area contributed by atoms with Crippen molar-refractivity contribution in [2.24, 2.45) is 0 Å². The molecule has 0 radical (unpaired) electrons. The van der Waals surface area contributed by atoms with Gasteiger partial charge in [-0.25, -0.2) is 4.68 Å². The lowest BCUT2D eigenvalue weighted by Gasteiger charge is -2.14. The quantitative estimate of drug-likeness (QED) is 0.590. The molecular formula is C15H20ClN5OS. The molecule has 1 amide bonds. The van der Waals surface area contributed by atoms with Gasteiger partial charge in [0.2, 0.25) is 11.1 Å². The number of carbonyl (C=O) groups is 1. The number of benzene rings is 1. The van der Waals surface area contributed by atoms with E-state index in [0.717, 1.165) is 18.4 Å². The number of thioether (sulfide) groups is 1. The van der Waals surface area contributed by atoms with E-state index in [4.69, 9.17) is 17.4 Å². The summed E-state index contributed by atoms with van der Waals surface area (Å²) in [7, 11) is 0. The number of nitrogen functional groups attached to an aromatic ring is 1. The highest BCUT2D eigenvalue weighted by atomic mass is 35.5. The standard InChI is InChI=1S/C15H20ClN5OS/c1-3-12(4-2)18-13(22)9-23-15-20-19-14(21(15)17)10-6-5-7-11(16)8-10/h5-8,12H,3-4,9,17H2,1-2H3,(H,18,22). The number of hydrogen-bond acceptors (Lipinski definition) is 5. The predicted molar refractivity (Wildman–Crippen MR) is 93.9 cm³/mol. The van der Waals surface area contributed by atoms with Crippen molar-refractivity contribution in [1.82, 2.24) is 20.2 Å². The molecule has 0 saturated carbocycles. The molecule has 0 bridgehead atoms. The summed E-state index contributed by atoms with van der Waals surface area (Å²) >= 11 is 7.23. The van der Waals surface area contributed by atoms with E-state index >= 15 is 0 Å². The summed E-state index contributed by atoms with van der Waals surface area (Å²) in [5, 5.41) is 12.2. The molecular weight excluding hydrogens is 334 g/mol. The number of aromatic nitrogens is 3. The van der Waals surface area contributed by atoms with Gasteiger partial charge in [0.05, 0.1) is 5.75 Å². The third-order valence-corrected chi connectivity index (χ3v) is 4.61. The van der Waals surface area contributed by atoms with Gasteiger partial charge in [-0.1, -0.05) is 49.3 Å². The molecule has 0 aliphatic heterocycles. The van der Waals surface area contributed by atoms with Crippen LogP contribution >= 0.6 is 23.4 Å². The Hall–Kier alpha value is -1.73. The first-order valence-corrected chi connectivity index (χ1v) is 8.80. The lowest BCUT2D eigenvalue weighted by Crippen LogP contribution is -2.35. The Balaban J connectivity index is 2.01. The summed E-state index contributed by atoms with van der Waals surface area (Å²) in [6, 6.07) is 7.43. The van der Waals surface area contributed by atoms with E-state index in [0.29, 0.717) is 16.0 Å². The van der Waals surface area contributed by atoms with Crippen LogP contribution in [0.5, 0.6) is 0 Å². The van der Waals surface area contributed by atoms with E-state index in [1.54, 1.807) is 12.1 Å². The predicted octanol–water partition coefficient (Wildman–Crippen LogP) is 2.71. The first kappa shape index (κ1) is 17.6. The van der Waals surface area contributed by atoms with Crippen LogP contribution in [-0.4, -0.2) is 32.6 Å². The Labute approximate surface area is 144 Å². The van der Waals surface area contributed by atoms with Crippen molar-refractivity contribution in [3.63, 3.8) is 0 Å². The van der Waals surface area contributed by atoms with Gasteiger partial charge in [-0.2, -0.15) is 0 Å². The average Bonchev–Trinajstić information content (AvgIpc) is 2.91. The van der Waals surface area contributed by atoms with Crippen molar-refractivity contribution < 1.29 is 4.79 Å². The van der Waals surface area contributed by atoms with Crippen LogP contribution in [0.3, 0.4) is 0 Å². The maximum atomic E-state index is 11.9. The van der Waals surface area contributed by atoms with Gasteiger partial charge in [0.1, 0.15) is 0 Å². The summed E-state index contributed by atoms with van der Waals surface area (Å²) in [5.74, 6) is 6.75. The minimum atomic E-state index is -0.0315. The fourth-order valence-electron chi connectivity index (χ4n) is 2.09. The lowest BCUT2D eigenvalue weighted by atomic mass is 10.2. The van der Waals surface area contributed by atoms with E-state index in [9.17, 15) is 4.79 Å². The van der Waals surface area contributed by atoms with Crippen LogP contribution in [0.25, 0.3) is 11.4 Å². The van der Waals surface area contributed by atoms with E-state index in [1.807, 2.05) is 12.1 Å². The molecule has 3 N–H and O–H groups in total. The maximum absolute atomic E-state index is 11.9. The molecule has 2 rings (SSSR count). The molecule has 1 aromatic carbocycles. The van der Waals surface area contributed by atoms with Crippen molar-refractivity contribution >= 4 is 29.3 Å². The van der Waals surface area contributed by atoms with Crippen molar-refractivity contribution in [2.75, 3.05) is 11.6 Å². The van der Waals surface area contributed by atoms with Crippen molar-refractivity contribution in [3.8, 4) is 11.4 Å². The summed E-state index contributed by atoms with van der Waals surface area (Å²) in [6.45, 7) is 4.10. The minimum Gasteiger partial charge on any atom is -0.353 e. The Morgan fingerprint density at radius 1 is 1.39 bits per heavy atom. The number of rotatable bonds is 7. The average molecular weight is 354 g/mol. The highest BCUT2D eigenvalue weighted by Gasteiger charge is 2.15. The summed E-state index contributed by atoms with van der Waals surface area (Å²) in [5.41, 5.74) is 0.779. The van der Waals surface area contributed by atoms with Crippen molar-refractivity contribution in [3.05, 3.63) is 29.3 Å². The Morgan fingerprint density at radius 3 is 2.78 bits per heavy atom. The van der Waals surface area contributed by atoms with Gasteiger partial charge >= 0.3 is 0 Å². The molecule has 23 heavy (non-hydrogen) atoms. The fourth-order valence-corrected chi connectivity index (χ4v) is 2.95. The number of carbonyl (C=O) groups excluding carboxylic acids is 1. The highest BCUT2D eigenvalue weighted by Crippen LogP contribution is 2.23. The molecule has 0 spiro atoms. The van der Waals surface area contributed by atoms with Crippen LogP contribution in [0.4, 0.5) is 0 Å². The third-order valence-electron chi connectivity index (χ3n) is 3.43. The van der Waals surface area contributed by atoms with Crippen LogP contribution in [0.15, 0.2) is 29.4 Å². The van der Waals surface area contributed by atoms with E-state index in [-0.39, 0.29) is 17.7 Å². The van der Waals surface area contributed by atoms with Gasteiger partial charge in [0.25, 0.3) is 0 Å². The smallest absolute Gasteiger partial charge is 0.230 e.